The summed E-state index contributed by atoms with van der Waals surface area (Å²) in [5.41, 5.74) is 4.06. The van der Waals surface area contributed by atoms with Crippen LogP contribution in [0.15, 0.2) is 60.7 Å². The summed E-state index contributed by atoms with van der Waals surface area (Å²) in [5, 5.41) is 7.26. The van der Waals surface area contributed by atoms with Gasteiger partial charge in [-0.05, 0) is 24.5 Å². The van der Waals surface area contributed by atoms with Crippen LogP contribution in [0, 0.1) is 6.92 Å². The molecule has 29 heavy (non-hydrogen) atoms. The zero-order valence-electron chi connectivity index (χ0n) is 16.5. The lowest BCUT2D eigenvalue weighted by molar-refractivity contribution is 0.0745. The van der Waals surface area contributed by atoms with Crippen LogP contribution in [0.1, 0.15) is 44.1 Å². The first kappa shape index (κ1) is 18.9. The van der Waals surface area contributed by atoms with E-state index in [0.717, 1.165) is 17.5 Å². The first-order valence-electron chi connectivity index (χ1n) is 9.85. The van der Waals surface area contributed by atoms with E-state index in [-0.39, 0.29) is 17.5 Å². The van der Waals surface area contributed by atoms with Gasteiger partial charge >= 0.3 is 0 Å². The Morgan fingerprint density at radius 1 is 1.03 bits per heavy atom. The third kappa shape index (κ3) is 4.37. The van der Waals surface area contributed by atoms with Crippen molar-refractivity contribution >= 4 is 11.8 Å². The number of hydrogen-bond donors (Lipinski definition) is 1. The molecule has 3 aromatic rings. The summed E-state index contributed by atoms with van der Waals surface area (Å²) < 4.78 is 1.66. The molecule has 1 aliphatic heterocycles. The SMILES string of the molecule is Cc1ccc(CN2CCCn3nc(C(=O)NCc4ccccc4)cc3C2=O)cc1. The molecule has 0 spiro atoms. The molecule has 1 N–H and O–H groups in total. The summed E-state index contributed by atoms with van der Waals surface area (Å²) in [6.45, 7) is 4.32. The van der Waals surface area contributed by atoms with Crippen LogP contribution in [0.4, 0.5) is 0 Å². The van der Waals surface area contributed by atoms with Gasteiger partial charge in [0.05, 0.1) is 0 Å². The quantitative estimate of drug-likeness (QED) is 0.730. The van der Waals surface area contributed by atoms with Crippen molar-refractivity contribution in [3.63, 3.8) is 0 Å². The van der Waals surface area contributed by atoms with E-state index in [1.54, 1.807) is 10.7 Å². The molecule has 0 atom stereocenters. The van der Waals surface area contributed by atoms with Gasteiger partial charge < -0.3 is 10.2 Å². The summed E-state index contributed by atoms with van der Waals surface area (Å²) in [6.07, 6.45) is 0.803. The van der Waals surface area contributed by atoms with E-state index in [9.17, 15) is 9.59 Å². The molecule has 2 amide bonds. The first-order chi connectivity index (χ1) is 14.1. The Kier molecular flexibility index (Phi) is 5.42. The number of nitrogens with zero attached hydrogens (tertiary/aromatic N) is 3. The number of rotatable bonds is 5. The highest BCUT2D eigenvalue weighted by atomic mass is 16.2. The molecule has 0 unspecified atom stereocenters. The summed E-state index contributed by atoms with van der Waals surface area (Å²) in [6, 6.07) is 19.5. The normalized spacial score (nSPS) is 13.7. The zero-order valence-corrected chi connectivity index (χ0v) is 16.5. The molecule has 1 aliphatic rings. The standard InChI is InChI=1S/C23H24N4O2/c1-17-8-10-19(11-9-17)16-26-12-5-13-27-21(23(26)29)14-20(25-27)22(28)24-15-18-6-3-2-4-7-18/h2-4,6-11,14H,5,12-13,15-16H2,1H3,(H,24,28). The van der Waals surface area contributed by atoms with Crippen LogP contribution in [0.25, 0.3) is 0 Å². The molecule has 4 rings (SSSR count). The molecule has 2 aromatic carbocycles. The van der Waals surface area contributed by atoms with E-state index >= 15 is 0 Å². The van der Waals surface area contributed by atoms with E-state index < -0.39 is 0 Å². The summed E-state index contributed by atoms with van der Waals surface area (Å²) >= 11 is 0. The molecular weight excluding hydrogens is 364 g/mol. The molecule has 6 heteroatoms. The fourth-order valence-electron chi connectivity index (χ4n) is 3.48. The Bertz CT molecular complexity index is 1010. The smallest absolute Gasteiger partial charge is 0.272 e. The fraction of sp³-hybridized carbons (Fsp3) is 0.261. The fourth-order valence-corrected chi connectivity index (χ4v) is 3.48. The third-order valence-corrected chi connectivity index (χ3v) is 5.11. The molecule has 148 valence electrons. The topological polar surface area (TPSA) is 67.2 Å². The lowest BCUT2D eigenvalue weighted by Crippen LogP contribution is -2.30. The average molecular weight is 388 g/mol. The molecule has 0 fully saturated rings. The summed E-state index contributed by atoms with van der Waals surface area (Å²) in [5.74, 6) is -0.356. The van der Waals surface area contributed by atoms with Crippen LogP contribution >= 0.6 is 0 Å². The highest BCUT2D eigenvalue weighted by molar-refractivity contribution is 5.98. The molecular formula is C23H24N4O2. The van der Waals surface area contributed by atoms with Crippen LogP contribution in [0.2, 0.25) is 0 Å². The Morgan fingerprint density at radius 2 is 1.79 bits per heavy atom. The number of benzene rings is 2. The van der Waals surface area contributed by atoms with Gasteiger partial charge in [-0.1, -0.05) is 60.2 Å². The van der Waals surface area contributed by atoms with Gasteiger partial charge in [0.2, 0.25) is 0 Å². The van der Waals surface area contributed by atoms with E-state index in [1.165, 1.54) is 5.56 Å². The number of aromatic nitrogens is 2. The molecule has 0 bridgehead atoms. The van der Waals surface area contributed by atoms with Gasteiger partial charge in [0.15, 0.2) is 5.69 Å². The van der Waals surface area contributed by atoms with Crippen molar-refractivity contribution in [3.05, 3.63) is 88.7 Å². The average Bonchev–Trinajstić information content (AvgIpc) is 3.11. The number of amides is 2. The van der Waals surface area contributed by atoms with Gasteiger partial charge in [-0.25, -0.2) is 0 Å². The molecule has 0 aliphatic carbocycles. The number of aryl methyl sites for hydroxylation is 2. The van der Waals surface area contributed by atoms with Crippen molar-refractivity contribution in [2.45, 2.75) is 33.0 Å². The maximum atomic E-state index is 13.1. The van der Waals surface area contributed by atoms with Crippen molar-refractivity contribution in [1.29, 1.82) is 0 Å². The third-order valence-electron chi connectivity index (χ3n) is 5.11. The van der Waals surface area contributed by atoms with E-state index in [0.29, 0.717) is 31.9 Å². The Balaban J connectivity index is 1.47. The number of hydrogen-bond acceptors (Lipinski definition) is 3. The molecule has 0 radical (unpaired) electrons. The van der Waals surface area contributed by atoms with Crippen LogP contribution in [0.3, 0.4) is 0 Å². The monoisotopic (exact) mass is 388 g/mol. The molecule has 2 heterocycles. The van der Waals surface area contributed by atoms with Crippen LogP contribution in [0.5, 0.6) is 0 Å². The second-order valence-electron chi connectivity index (χ2n) is 7.37. The number of fused-ring (bicyclic) bond motifs is 1. The van der Waals surface area contributed by atoms with E-state index in [1.807, 2.05) is 54.3 Å². The molecule has 0 saturated heterocycles. The van der Waals surface area contributed by atoms with E-state index in [4.69, 9.17) is 0 Å². The van der Waals surface area contributed by atoms with Gasteiger partial charge in [-0.3, -0.25) is 14.3 Å². The Labute approximate surface area is 170 Å². The van der Waals surface area contributed by atoms with Gasteiger partial charge in [0.25, 0.3) is 11.8 Å². The predicted molar refractivity (Wildman–Crippen MR) is 110 cm³/mol. The zero-order chi connectivity index (χ0) is 20.2. The second kappa shape index (κ2) is 8.31. The van der Waals surface area contributed by atoms with Crippen molar-refractivity contribution in [3.8, 4) is 0 Å². The number of nitrogens with one attached hydrogen (secondary N) is 1. The second-order valence-corrected chi connectivity index (χ2v) is 7.37. The van der Waals surface area contributed by atoms with Crippen LogP contribution in [-0.2, 0) is 19.6 Å². The summed E-state index contributed by atoms with van der Waals surface area (Å²) in [4.78, 5) is 27.4. The highest BCUT2D eigenvalue weighted by Crippen LogP contribution is 2.17. The van der Waals surface area contributed by atoms with Crippen molar-refractivity contribution in [2.24, 2.45) is 0 Å². The molecule has 0 saturated carbocycles. The minimum atomic E-state index is -0.271. The van der Waals surface area contributed by atoms with Crippen LogP contribution < -0.4 is 5.32 Å². The lowest BCUT2D eigenvalue weighted by Gasteiger charge is -2.20. The largest absolute Gasteiger partial charge is 0.347 e. The minimum absolute atomic E-state index is 0.0855. The summed E-state index contributed by atoms with van der Waals surface area (Å²) in [7, 11) is 0. The Morgan fingerprint density at radius 3 is 2.55 bits per heavy atom. The van der Waals surface area contributed by atoms with Gasteiger partial charge in [-0.15, -0.1) is 0 Å². The number of carbonyl (C=O) groups is 2. The Hall–Kier alpha value is -3.41. The minimum Gasteiger partial charge on any atom is -0.347 e. The predicted octanol–water partition coefficient (Wildman–Crippen LogP) is 3.17. The highest BCUT2D eigenvalue weighted by Gasteiger charge is 2.26. The van der Waals surface area contributed by atoms with Crippen molar-refractivity contribution in [1.82, 2.24) is 20.0 Å². The number of carbonyl (C=O) groups excluding carboxylic acids is 2. The van der Waals surface area contributed by atoms with E-state index in [2.05, 4.69) is 22.5 Å². The van der Waals surface area contributed by atoms with Gasteiger partial charge in [0.1, 0.15) is 5.69 Å². The van der Waals surface area contributed by atoms with Crippen molar-refractivity contribution in [2.75, 3.05) is 6.54 Å². The lowest BCUT2D eigenvalue weighted by atomic mass is 10.1. The van der Waals surface area contributed by atoms with Crippen molar-refractivity contribution < 1.29 is 9.59 Å². The molecule has 6 nitrogen and oxygen atoms in total. The first-order valence-corrected chi connectivity index (χ1v) is 9.85. The maximum Gasteiger partial charge on any atom is 0.272 e. The molecule has 1 aromatic heterocycles. The van der Waals surface area contributed by atoms with Gasteiger partial charge in [-0.2, -0.15) is 5.10 Å². The maximum absolute atomic E-state index is 13.1. The van der Waals surface area contributed by atoms with Crippen LogP contribution in [-0.4, -0.2) is 33.0 Å². The van der Waals surface area contributed by atoms with Gasteiger partial charge in [0, 0.05) is 32.2 Å².